The van der Waals surface area contributed by atoms with E-state index in [1.165, 1.54) is 6.92 Å². The summed E-state index contributed by atoms with van der Waals surface area (Å²) >= 11 is 6.40. The molecular weight excluding hydrogens is 296 g/mol. The van der Waals surface area contributed by atoms with Crippen LogP contribution in [0.1, 0.15) is 18.1 Å². The molecule has 0 saturated carbocycles. The van der Waals surface area contributed by atoms with Crippen LogP contribution in [-0.4, -0.2) is 5.97 Å². The number of fused-ring (bicyclic) bond motifs is 1. The molecule has 0 amide bonds. The molecule has 0 heterocycles. The molecule has 3 aromatic carbocycles. The fourth-order valence-electron chi connectivity index (χ4n) is 2.57. The second-order valence-corrected chi connectivity index (χ2v) is 5.56. The Balaban J connectivity index is 2.17. The molecule has 3 aromatic rings. The van der Waals surface area contributed by atoms with E-state index in [2.05, 4.69) is 0 Å². The van der Waals surface area contributed by atoms with E-state index in [9.17, 15) is 4.79 Å². The van der Waals surface area contributed by atoms with Crippen LogP contribution in [0.3, 0.4) is 0 Å². The second kappa shape index (κ2) is 6.20. The monoisotopic (exact) mass is 310 g/mol. The smallest absolute Gasteiger partial charge is 0.308 e. The molecule has 0 aliphatic heterocycles. The van der Waals surface area contributed by atoms with E-state index in [0.717, 1.165) is 21.9 Å². The minimum Gasteiger partial charge on any atom is -0.426 e. The minimum absolute atomic E-state index is 0.332. The number of benzene rings is 3. The van der Waals surface area contributed by atoms with E-state index in [4.69, 9.17) is 16.3 Å². The molecule has 0 atom stereocenters. The van der Waals surface area contributed by atoms with Gasteiger partial charge in [-0.1, -0.05) is 66.2 Å². The molecule has 0 aliphatic rings. The zero-order valence-corrected chi connectivity index (χ0v) is 12.9. The van der Waals surface area contributed by atoms with Crippen molar-refractivity contribution in [2.24, 2.45) is 0 Å². The van der Waals surface area contributed by atoms with Crippen LogP contribution in [0.5, 0.6) is 5.75 Å². The average Bonchev–Trinajstić information content (AvgIpc) is 2.52. The van der Waals surface area contributed by atoms with Gasteiger partial charge < -0.3 is 4.74 Å². The molecular formula is C19H15ClO2. The third kappa shape index (κ3) is 2.97. The number of hydrogen-bond acceptors (Lipinski definition) is 2. The van der Waals surface area contributed by atoms with Gasteiger partial charge in [-0.25, -0.2) is 0 Å². The van der Waals surface area contributed by atoms with Crippen molar-refractivity contribution in [3.05, 3.63) is 76.8 Å². The molecule has 110 valence electrons. The van der Waals surface area contributed by atoms with Gasteiger partial charge in [0, 0.05) is 34.7 Å². The van der Waals surface area contributed by atoms with Crippen LogP contribution in [0.25, 0.3) is 10.8 Å². The van der Waals surface area contributed by atoms with Gasteiger partial charge in [-0.05, 0) is 11.6 Å². The third-order valence-corrected chi connectivity index (χ3v) is 3.82. The molecule has 0 spiro atoms. The van der Waals surface area contributed by atoms with Gasteiger partial charge in [-0.3, -0.25) is 4.79 Å². The normalized spacial score (nSPS) is 10.6. The molecule has 3 rings (SSSR count). The molecule has 0 radical (unpaired) electrons. The Morgan fingerprint density at radius 2 is 1.64 bits per heavy atom. The van der Waals surface area contributed by atoms with Crippen molar-refractivity contribution in [2.45, 2.75) is 13.3 Å². The summed E-state index contributed by atoms with van der Waals surface area (Å²) in [5.74, 6) is 0.262. The molecule has 0 saturated heterocycles. The minimum atomic E-state index is -0.332. The molecule has 0 aromatic heterocycles. The van der Waals surface area contributed by atoms with E-state index >= 15 is 0 Å². The van der Waals surface area contributed by atoms with Crippen molar-refractivity contribution in [1.29, 1.82) is 0 Å². The average molecular weight is 311 g/mol. The van der Waals surface area contributed by atoms with Crippen molar-refractivity contribution in [3.8, 4) is 5.75 Å². The standard InChI is InChI=1S/C19H15ClO2/c1-13(21)22-19-15(11-14-7-3-2-4-8-14)12-18(20)16-9-5-6-10-17(16)19/h2-10,12H,11H2,1H3. The lowest BCUT2D eigenvalue weighted by Crippen LogP contribution is -2.05. The second-order valence-electron chi connectivity index (χ2n) is 5.15. The van der Waals surface area contributed by atoms with E-state index < -0.39 is 0 Å². The summed E-state index contributed by atoms with van der Waals surface area (Å²) in [6.07, 6.45) is 0.661. The number of esters is 1. The summed E-state index contributed by atoms with van der Waals surface area (Å²) in [5.41, 5.74) is 2.05. The molecule has 0 unspecified atom stereocenters. The summed E-state index contributed by atoms with van der Waals surface area (Å²) in [6, 6.07) is 19.6. The summed E-state index contributed by atoms with van der Waals surface area (Å²) in [4.78, 5) is 11.5. The topological polar surface area (TPSA) is 26.3 Å². The van der Waals surface area contributed by atoms with Crippen LogP contribution in [0, 0.1) is 0 Å². The highest BCUT2D eigenvalue weighted by Gasteiger charge is 2.14. The zero-order chi connectivity index (χ0) is 15.5. The molecule has 0 fully saturated rings. The summed E-state index contributed by atoms with van der Waals surface area (Å²) in [7, 11) is 0. The van der Waals surface area contributed by atoms with Crippen LogP contribution in [0.2, 0.25) is 5.02 Å². The van der Waals surface area contributed by atoms with Gasteiger partial charge in [0.25, 0.3) is 0 Å². The first kappa shape index (κ1) is 14.6. The summed E-state index contributed by atoms with van der Waals surface area (Å²) in [6.45, 7) is 1.41. The van der Waals surface area contributed by atoms with Crippen molar-refractivity contribution >= 4 is 28.3 Å². The van der Waals surface area contributed by atoms with E-state index in [1.807, 2.05) is 60.7 Å². The van der Waals surface area contributed by atoms with E-state index in [-0.39, 0.29) is 5.97 Å². The fourth-order valence-corrected chi connectivity index (χ4v) is 2.87. The maximum Gasteiger partial charge on any atom is 0.308 e. The van der Waals surface area contributed by atoms with Gasteiger partial charge in [-0.15, -0.1) is 0 Å². The lowest BCUT2D eigenvalue weighted by Gasteiger charge is -2.14. The number of hydrogen-bond donors (Lipinski definition) is 0. The largest absolute Gasteiger partial charge is 0.426 e. The van der Waals surface area contributed by atoms with E-state index in [1.54, 1.807) is 0 Å². The summed E-state index contributed by atoms with van der Waals surface area (Å²) in [5, 5.41) is 2.41. The molecule has 0 bridgehead atoms. The highest BCUT2D eigenvalue weighted by atomic mass is 35.5. The number of carbonyl (C=O) groups is 1. The maximum atomic E-state index is 11.5. The van der Waals surface area contributed by atoms with Crippen LogP contribution in [-0.2, 0) is 11.2 Å². The van der Waals surface area contributed by atoms with Gasteiger partial charge >= 0.3 is 5.97 Å². The van der Waals surface area contributed by atoms with Gasteiger partial charge in [-0.2, -0.15) is 0 Å². The number of carbonyl (C=O) groups excluding carboxylic acids is 1. The van der Waals surface area contributed by atoms with Gasteiger partial charge in [0.1, 0.15) is 5.75 Å². The summed E-state index contributed by atoms with van der Waals surface area (Å²) < 4.78 is 5.49. The quantitative estimate of drug-likeness (QED) is 0.502. The Labute approximate surface area is 134 Å². The number of rotatable bonds is 3. The first-order chi connectivity index (χ1) is 10.6. The first-order valence-electron chi connectivity index (χ1n) is 7.07. The third-order valence-electron chi connectivity index (χ3n) is 3.50. The van der Waals surface area contributed by atoms with Gasteiger partial charge in [0.15, 0.2) is 0 Å². The molecule has 22 heavy (non-hydrogen) atoms. The van der Waals surface area contributed by atoms with Crippen LogP contribution >= 0.6 is 11.6 Å². The van der Waals surface area contributed by atoms with Crippen molar-refractivity contribution in [2.75, 3.05) is 0 Å². The van der Waals surface area contributed by atoms with Crippen molar-refractivity contribution in [3.63, 3.8) is 0 Å². The molecule has 3 heteroatoms. The predicted molar refractivity (Wildman–Crippen MR) is 89.5 cm³/mol. The number of ether oxygens (including phenoxy) is 1. The van der Waals surface area contributed by atoms with Crippen LogP contribution < -0.4 is 4.74 Å². The molecule has 2 nitrogen and oxygen atoms in total. The Morgan fingerprint density at radius 1 is 1.00 bits per heavy atom. The lowest BCUT2D eigenvalue weighted by atomic mass is 9.99. The SMILES string of the molecule is CC(=O)Oc1c(Cc2ccccc2)cc(Cl)c2ccccc12. The zero-order valence-electron chi connectivity index (χ0n) is 12.2. The van der Waals surface area contributed by atoms with Gasteiger partial charge in [0.05, 0.1) is 0 Å². The molecule has 0 aliphatic carbocycles. The Bertz CT molecular complexity index is 825. The van der Waals surface area contributed by atoms with Crippen molar-refractivity contribution in [1.82, 2.24) is 0 Å². The number of halogens is 1. The maximum absolute atomic E-state index is 11.5. The predicted octanol–water partition coefficient (Wildman–Crippen LogP) is 5.01. The van der Waals surface area contributed by atoms with Crippen LogP contribution in [0.15, 0.2) is 60.7 Å². The Kier molecular flexibility index (Phi) is 4.12. The highest BCUT2D eigenvalue weighted by Crippen LogP contribution is 2.36. The Hall–Kier alpha value is -2.32. The first-order valence-corrected chi connectivity index (χ1v) is 7.45. The highest BCUT2D eigenvalue weighted by molar-refractivity contribution is 6.36. The van der Waals surface area contributed by atoms with Gasteiger partial charge in [0.2, 0.25) is 0 Å². The fraction of sp³-hybridized carbons (Fsp3) is 0.105. The Morgan fingerprint density at radius 3 is 2.32 bits per heavy atom. The molecule has 0 N–H and O–H groups in total. The lowest BCUT2D eigenvalue weighted by molar-refractivity contribution is -0.131. The van der Waals surface area contributed by atoms with Crippen LogP contribution in [0.4, 0.5) is 0 Å². The van der Waals surface area contributed by atoms with E-state index in [0.29, 0.717) is 17.2 Å². The van der Waals surface area contributed by atoms with Crippen molar-refractivity contribution < 1.29 is 9.53 Å².